The third-order valence-electron chi connectivity index (χ3n) is 5.05. The van der Waals surface area contributed by atoms with Crippen molar-refractivity contribution >= 4 is 11.6 Å². The number of hydrogen-bond acceptors (Lipinski definition) is 6. The first kappa shape index (κ1) is 18.6. The van der Waals surface area contributed by atoms with Crippen LogP contribution >= 0.6 is 0 Å². The van der Waals surface area contributed by atoms with Crippen LogP contribution in [0, 0.1) is 20.8 Å². The zero-order valence-corrected chi connectivity index (χ0v) is 16.4. The van der Waals surface area contributed by atoms with Crippen molar-refractivity contribution in [2.45, 2.75) is 26.8 Å². The average molecular weight is 383 g/mol. The summed E-state index contributed by atoms with van der Waals surface area (Å²) in [5.74, 6) is 1.52. The molecule has 0 bridgehead atoms. The molecule has 28 heavy (non-hydrogen) atoms. The summed E-state index contributed by atoms with van der Waals surface area (Å²) in [6, 6.07) is 5.83. The number of fused-ring (bicyclic) bond motifs is 1. The molecule has 8 heteroatoms. The largest absolute Gasteiger partial charge is 0.465 e. The third-order valence-corrected chi connectivity index (χ3v) is 5.05. The van der Waals surface area contributed by atoms with E-state index < -0.39 is 0 Å². The minimum Gasteiger partial charge on any atom is -0.465 e. The summed E-state index contributed by atoms with van der Waals surface area (Å²) in [5, 5.41) is 7.35. The van der Waals surface area contributed by atoms with Gasteiger partial charge in [0.05, 0.1) is 25.5 Å². The molecule has 0 aliphatic carbocycles. The van der Waals surface area contributed by atoms with Crippen LogP contribution in [0.2, 0.25) is 0 Å². The molecular weight excluding hydrogens is 358 g/mol. The smallest absolute Gasteiger partial charge is 0.256 e. The van der Waals surface area contributed by atoms with Crippen LogP contribution in [-0.2, 0) is 4.74 Å². The summed E-state index contributed by atoms with van der Waals surface area (Å²) in [6.07, 6.45) is 1.57. The number of morpholine rings is 1. The summed E-state index contributed by atoms with van der Waals surface area (Å²) < 4.78 is 13.0. The molecule has 8 nitrogen and oxygen atoms in total. The molecule has 148 valence electrons. The second-order valence-corrected chi connectivity index (χ2v) is 7.16. The van der Waals surface area contributed by atoms with E-state index in [9.17, 15) is 4.79 Å². The minimum absolute atomic E-state index is 0.0418. The van der Waals surface area contributed by atoms with E-state index in [0.29, 0.717) is 31.0 Å². The zero-order chi connectivity index (χ0) is 19.7. The first-order chi connectivity index (χ1) is 13.5. The van der Waals surface area contributed by atoms with Gasteiger partial charge in [0.1, 0.15) is 17.1 Å². The van der Waals surface area contributed by atoms with Crippen LogP contribution in [-0.4, -0.2) is 58.3 Å². The van der Waals surface area contributed by atoms with Gasteiger partial charge in [0, 0.05) is 31.0 Å². The molecule has 4 heterocycles. The number of nitrogens with zero attached hydrogens (tertiary/aromatic N) is 4. The van der Waals surface area contributed by atoms with E-state index in [-0.39, 0.29) is 11.9 Å². The Morgan fingerprint density at radius 1 is 1.25 bits per heavy atom. The number of ether oxygens (including phenoxy) is 1. The van der Waals surface area contributed by atoms with Gasteiger partial charge in [-0.15, -0.1) is 0 Å². The van der Waals surface area contributed by atoms with Gasteiger partial charge in [-0.2, -0.15) is 5.10 Å². The molecule has 0 saturated carbocycles. The van der Waals surface area contributed by atoms with Crippen molar-refractivity contribution in [3.8, 4) is 0 Å². The van der Waals surface area contributed by atoms with Crippen LogP contribution in [0.15, 0.2) is 28.8 Å². The molecule has 1 fully saturated rings. The molecule has 3 aromatic rings. The van der Waals surface area contributed by atoms with Gasteiger partial charge >= 0.3 is 0 Å². The van der Waals surface area contributed by atoms with Crippen LogP contribution in [0.3, 0.4) is 0 Å². The molecule has 4 rings (SSSR count). The fraction of sp³-hybridized carbons (Fsp3) is 0.450. The molecule has 1 N–H and O–H groups in total. The van der Waals surface area contributed by atoms with Gasteiger partial charge in [0.25, 0.3) is 5.91 Å². The predicted molar refractivity (Wildman–Crippen MR) is 103 cm³/mol. The Kier molecular flexibility index (Phi) is 5.15. The topological polar surface area (TPSA) is 84.9 Å². The molecule has 0 aromatic carbocycles. The molecule has 0 radical (unpaired) electrons. The van der Waals surface area contributed by atoms with E-state index in [1.54, 1.807) is 10.7 Å². The number of furan rings is 1. The number of rotatable bonds is 5. The number of amides is 1. The summed E-state index contributed by atoms with van der Waals surface area (Å²) in [6.45, 7) is 9.19. The second kappa shape index (κ2) is 7.73. The van der Waals surface area contributed by atoms with Crippen molar-refractivity contribution in [2.75, 3.05) is 32.8 Å². The number of nitrogens with one attached hydrogen (secondary N) is 1. The predicted octanol–water partition coefficient (Wildman–Crippen LogP) is 2.05. The Labute approximate surface area is 163 Å². The van der Waals surface area contributed by atoms with Gasteiger partial charge in [-0.1, -0.05) is 0 Å². The number of hydrogen-bond donors (Lipinski definition) is 1. The summed E-state index contributed by atoms with van der Waals surface area (Å²) in [5.41, 5.74) is 2.85. The van der Waals surface area contributed by atoms with E-state index >= 15 is 0 Å². The van der Waals surface area contributed by atoms with Crippen molar-refractivity contribution in [2.24, 2.45) is 0 Å². The van der Waals surface area contributed by atoms with Crippen LogP contribution in [0.25, 0.3) is 5.65 Å². The zero-order valence-electron chi connectivity index (χ0n) is 16.4. The molecule has 1 atom stereocenters. The Morgan fingerprint density at radius 2 is 2.04 bits per heavy atom. The lowest BCUT2D eigenvalue weighted by molar-refractivity contribution is 0.0117. The molecule has 1 aliphatic rings. The molecule has 1 amide bonds. The van der Waals surface area contributed by atoms with Crippen molar-refractivity contribution in [1.82, 2.24) is 24.8 Å². The molecule has 0 spiro atoms. The van der Waals surface area contributed by atoms with Crippen molar-refractivity contribution in [1.29, 1.82) is 0 Å². The highest BCUT2D eigenvalue weighted by atomic mass is 16.5. The maximum Gasteiger partial charge on any atom is 0.256 e. The fourth-order valence-corrected chi connectivity index (χ4v) is 3.65. The first-order valence-corrected chi connectivity index (χ1v) is 9.51. The third kappa shape index (κ3) is 3.65. The van der Waals surface area contributed by atoms with Gasteiger partial charge in [-0.25, -0.2) is 9.50 Å². The van der Waals surface area contributed by atoms with E-state index in [1.807, 2.05) is 39.0 Å². The maximum absolute atomic E-state index is 12.9. The number of aromatic nitrogens is 3. The number of carbonyl (C=O) groups is 1. The first-order valence-electron chi connectivity index (χ1n) is 9.51. The SMILES string of the molecule is Cc1cc(C)n2ncc(C(=O)NCC(c3ccc(C)o3)N3CCOCC3)c2n1. The van der Waals surface area contributed by atoms with Gasteiger partial charge in [0.2, 0.25) is 0 Å². The van der Waals surface area contributed by atoms with Crippen LogP contribution < -0.4 is 5.32 Å². The molecular formula is C20H25N5O3. The van der Waals surface area contributed by atoms with Crippen molar-refractivity contribution < 1.29 is 13.9 Å². The van der Waals surface area contributed by atoms with Crippen molar-refractivity contribution in [3.05, 3.63) is 52.9 Å². The quantitative estimate of drug-likeness (QED) is 0.726. The maximum atomic E-state index is 12.9. The van der Waals surface area contributed by atoms with E-state index in [4.69, 9.17) is 9.15 Å². The Bertz CT molecular complexity index is 987. The van der Waals surface area contributed by atoms with E-state index in [2.05, 4.69) is 20.3 Å². The summed E-state index contributed by atoms with van der Waals surface area (Å²) >= 11 is 0. The van der Waals surface area contributed by atoms with Crippen LogP contribution in [0.5, 0.6) is 0 Å². The minimum atomic E-state index is -0.186. The highest BCUT2D eigenvalue weighted by Gasteiger charge is 2.26. The average Bonchev–Trinajstić information content (AvgIpc) is 3.29. The van der Waals surface area contributed by atoms with Gasteiger partial charge in [-0.05, 0) is 39.0 Å². The fourth-order valence-electron chi connectivity index (χ4n) is 3.65. The second-order valence-electron chi connectivity index (χ2n) is 7.16. The molecule has 1 aliphatic heterocycles. The Balaban J connectivity index is 1.54. The van der Waals surface area contributed by atoms with Crippen molar-refractivity contribution in [3.63, 3.8) is 0 Å². The molecule has 3 aromatic heterocycles. The molecule has 1 saturated heterocycles. The van der Waals surface area contributed by atoms with Crippen LogP contribution in [0.4, 0.5) is 0 Å². The number of carbonyl (C=O) groups excluding carboxylic acids is 1. The lowest BCUT2D eigenvalue weighted by Crippen LogP contribution is -2.43. The Hall–Kier alpha value is -2.71. The lowest BCUT2D eigenvalue weighted by Gasteiger charge is -2.33. The van der Waals surface area contributed by atoms with Crippen LogP contribution in [0.1, 0.15) is 39.3 Å². The standard InChI is InChI=1S/C20H25N5O3/c1-13-10-14(2)25-19(23-13)16(11-22-25)20(26)21-12-17(18-5-4-15(3)28-18)24-6-8-27-9-7-24/h4-5,10-11,17H,6-9,12H2,1-3H3,(H,21,26). The van der Waals surface area contributed by atoms with E-state index in [0.717, 1.165) is 36.0 Å². The van der Waals surface area contributed by atoms with E-state index in [1.165, 1.54) is 0 Å². The normalized spacial score (nSPS) is 16.4. The Morgan fingerprint density at radius 3 is 2.75 bits per heavy atom. The number of aryl methyl sites for hydroxylation is 3. The van der Waals surface area contributed by atoms with Gasteiger partial charge < -0.3 is 14.5 Å². The molecule has 1 unspecified atom stereocenters. The highest BCUT2D eigenvalue weighted by Crippen LogP contribution is 2.23. The van der Waals surface area contributed by atoms with Gasteiger partial charge in [-0.3, -0.25) is 9.69 Å². The monoisotopic (exact) mass is 383 g/mol. The summed E-state index contributed by atoms with van der Waals surface area (Å²) in [7, 11) is 0. The van der Waals surface area contributed by atoms with Gasteiger partial charge in [0.15, 0.2) is 5.65 Å². The summed E-state index contributed by atoms with van der Waals surface area (Å²) in [4.78, 5) is 19.7. The lowest BCUT2D eigenvalue weighted by atomic mass is 10.1. The highest BCUT2D eigenvalue weighted by molar-refractivity contribution is 5.99.